The van der Waals surface area contributed by atoms with Crippen molar-refractivity contribution in [1.82, 2.24) is 0 Å². The molecular formula is C6H4Br2S2. The molecule has 0 bridgehead atoms. The standard InChI is InChI=1S/C6H4Br2S2/c7-6(8)3-5-4(10-6)1-2-9-5/h1-2H,3H2. The molecule has 1 aromatic rings. The van der Waals surface area contributed by atoms with Gasteiger partial charge in [0.1, 0.15) is 2.57 Å². The van der Waals surface area contributed by atoms with Crippen LogP contribution in [-0.4, -0.2) is 2.57 Å². The van der Waals surface area contributed by atoms with E-state index < -0.39 is 0 Å². The van der Waals surface area contributed by atoms with Crippen molar-refractivity contribution in [2.45, 2.75) is 13.9 Å². The van der Waals surface area contributed by atoms with Gasteiger partial charge in [0.25, 0.3) is 0 Å². The molecule has 54 valence electrons. The van der Waals surface area contributed by atoms with E-state index in [1.807, 2.05) is 23.1 Å². The maximum Gasteiger partial charge on any atom is 0.135 e. The molecule has 0 aromatic carbocycles. The molecule has 1 aliphatic rings. The second-order valence-electron chi connectivity index (χ2n) is 2.12. The Morgan fingerprint density at radius 3 is 3.00 bits per heavy atom. The molecule has 0 amide bonds. The fraction of sp³-hybridized carbons (Fsp3) is 0.333. The lowest BCUT2D eigenvalue weighted by atomic mass is 10.4. The Kier molecular flexibility index (Phi) is 1.92. The SMILES string of the molecule is BrC1(Br)Cc2sccc2S1. The zero-order valence-electron chi connectivity index (χ0n) is 4.93. The summed E-state index contributed by atoms with van der Waals surface area (Å²) < 4.78 is 0.0857. The van der Waals surface area contributed by atoms with Crippen LogP contribution < -0.4 is 0 Å². The number of halogens is 2. The minimum absolute atomic E-state index is 0.0857. The van der Waals surface area contributed by atoms with E-state index in [0.29, 0.717) is 0 Å². The van der Waals surface area contributed by atoms with Crippen LogP contribution in [0.25, 0.3) is 0 Å². The molecule has 0 atom stereocenters. The van der Waals surface area contributed by atoms with Gasteiger partial charge in [-0.1, -0.05) is 43.6 Å². The van der Waals surface area contributed by atoms with Gasteiger partial charge in [-0.3, -0.25) is 0 Å². The summed E-state index contributed by atoms with van der Waals surface area (Å²) in [6.45, 7) is 0. The molecule has 0 saturated heterocycles. The molecule has 0 aliphatic carbocycles. The van der Waals surface area contributed by atoms with E-state index >= 15 is 0 Å². The summed E-state index contributed by atoms with van der Waals surface area (Å²) in [6, 6.07) is 2.18. The third-order valence-electron chi connectivity index (χ3n) is 1.33. The zero-order chi connectivity index (χ0) is 7.19. The molecule has 0 N–H and O–H groups in total. The molecule has 0 saturated carbocycles. The van der Waals surface area contributed by atoms with Crippen LogP contribution in [0, 0.1) is 0 Å². The first-order chi connectivity index (χ1) is 4.67. The van der Waals surface area contributed by atoms with Crippen molar-refractivity contribution in [2.75, 3.05) is 0 Å². The maximum absolute atomic E-state index is 3.59. The van der Waals surface area contributed by atoms with Gasteiger partial charge in [0, 0.05) is 16.2 Å². The van der Waals surface area contributed by atoms with E-state index in [0.717, 1.165) is 6.42 Å². The smallest absolute Gasteiger partial charge is 0.135 e. The summed E-state index contributed by atoms with van der Waals surface area (Å²) >= 11 is 10.9. The highest BCUT2D eigenvalue weighted by molar-refractivity contribution is 9.28. The number of fused-ring (bicyclic) bond motifs is 1. The molecular weight excluding hydrogens is 296 g/mol. The normalized spacial score (nSPS) is 21.0. The van der Waals surface area contributed by atoms with Crippen molar-refractivity contribution in [3.8, 4) is 0 Å². The molecule has 0 unspecified atom stereocenters. The average molecular weight is 300 g/mol. The van der Waals surface area contributed by atoms with E-state index in [9.17, 15) is 0 Å². The Morgan fingerprint density at radius 2 is 2.30 bits per heavy atom. The fourth-order valence-corrected chi connectivity index (χ4v) is 5.07. The molecule has 10 heavy (non-hydrogen) atoms. The lowest BCUT2D eigenvalue weighted by molar-refractivity contribution is 1.13. The topological polar surface area (TPSA) is 0 Å². The molecule has 2 heterocycles. The summed E-state index contributed by atoms with van der Waals surface area (Å²) in [4.78, 5) is 2.90. The van der Waals surface area contributed by atoms with Crippen molar-refractivity contribution in [3.05, 3.63) is 16.3 Å². The van der Waals surface area contributed by atoms with Gasteiger partial charge in [-0.2, -0.15) is 0 Å². The van der Waals surface area contributed by atoms with E-state index in [4.69, 9.17) is 0 Å². The van der Waals surface area contributed by atoms with Crippen LogP contribution in [0.4, 0.5) is 0 Å². The van der Waals surface area contributed by atoms with Crippen LogP contribution in [0.1, 0.15) is 4.88 Å². The Labute approximate surface area is 84.7 Å². The third kappa shape index (κ3) is 1.31. The number of alkyl halides is 2. The lowest BCUT2D eigenvalue weighted by Gasteiger charge is -2.08. The van der Waals surface area contributed by atoms with Crippen LogP contribution in [-0.2, 0) is 6.42 Å². The van der Waals surface area contributed by atoms with Gasteiger partial charge in [-0.25, -0.2) is 0 Å². The molecule has 0 spiro atoms. The average Bonchev–Trinajstić information content (AvgIpc) is 2.20. The molecule has 0 fully saturated rings. The summed E-state index contributed by atoms with van der Waals surface area (Å²) in [7, 11) is 0. The van der Waals surface area contributed by atoms with Gasteiger partial charge < -0.3 is 0 Å². The largest absolute Gasteiger partial charge is 0.148 e. The fourth-order valence-electron chi connectivity index (χ4n) is 0.933. The molecule has 0 radical (unpaired) electrons. The monoisotopic (exact) mass is 298 g/mol. The van der Waals surface area contributed by atoms with Gasteiger partial charge in [0.05, 0.1) is 0 Å². The molecule has 1 aromatic heterocycles. The van der Waals surface area contributed by atoms with Gasteiger partial charge in [-0.05, 0) is 11.4 Å². The predicted octanol–water partition coefficient (Wildman–Crippen LogP) is 3.84. The Balaban J connectivity index is 2.37. The Morgan fingerprint density at radius 1 is 1.50 bits per heavy atom. The first-order valence-electron chi connectivity index (χ1n) is 2.81. The van der Waals surface area contributed by atoms with Crippen molar-refractivity contribution >= 4 is 55.0 Å². The summed E-state index contributed by atoms with van der Waals surface area (Å²) in [6.07, 6.45) is 1.09. The highest BCUT2D eigenvalue weighted by atomic mass is 79.9. The van der Waals surface area contributed by atoms with Crippen LogP contribution in [0.5, 0.6) is 0 Å². The third-order valence-corrected chi connectivity index (χ3v) is 4.96. The second-order valence-corrected chi connectivity index (χ2v) is 9.29. The minimum atomic E-state index is 0.0857. The van der Waals surface area contributed by atoms with Crippen molar-refractivity contribution in [2.24, 2.45) is 0 Å². The van der Waals surface area contributed by atoms with Crippen LogP contribution in [0.2, 0.25) is 0 Å². The molecule has 2 rings (SSSR count). The summed E-state index contributed by atoms with van der Waals surface area (Å²) in [5, 5.41) is 2.15. The zero-order valence-corrected chi connectivity index (χ0v) is 9.74. The summed E-state index contributed by atoms with van der Waals surface area (Å²) in [5.74, 6) is 0. The highest BCUT2D eigenvalue weighted by Crippen LogP contribution is 2.54. The number of thioether (sulfide) groups is 1. The van der Waals surface area contributed by atoms with Gasteiger partial charge in [-0.15, -0.1) is 11.3 Å². The predicted molar refractivity (Wildman–Crippen MR) is 54.5 cm³/mol. The number of rotatable bonds is 0. The number of hydrogen-bond donors (Lipinski definition) is 0. The summed E-state index contributed by atoms with van der Waals surface area (Å²) in [5.41, 5.74) is 0. The lowest BCUT2D eigenvalue weighted by Crippen LogP contribution is -2.00. The number of hydrogen-bond acceptors (Lipinski definition) is 2. The van der Waals surface area contributed by atoms with Gasteiger partial charge >= 0.3 is 0 Å². The quantitative estimate of drug-likeness (QED) is 0.656. The van der Waals surface area contributed by atoms with Crippen LogP contribution >= 0.6 is 55.0 Å². The van der Waals surface area contributed by atoms with Crippen molar-refractivity contribution in [1.29, 1.82) is 0 Å². The highest BCUT2D eigenvalue weighted by Gasteiger charge is 2.33. The first-order valence-corrected chi connectivity index (χ1v) is 6.09. The molecule has 4 heteroatoms. The van der Waals surface area contributed by atoms with Crippen molar-refractivity contribution < 1.29 is 0 Å². The van der Waals surface area contributed by atoms with E-state index in [1.165, 1.54) is 9.77 Å². The van der Waals surface area contributed by atoms with Gasteiger partial charge in [0.2, 0.25) is 0 Å². The number of thiophene rings is 1. The Bertz CT molecular complexity index is 232. The van der Waals surface area contributed by atoms with E-state index in [2.05, 4.69) is 43.3 Å². The minimum Gasteiger partial charge on any atom is -0.148 e. The molecule has 1 aliphatic heterocycles. The van der Waals surface area contributed by atoms with Crippen LogP contribution in [0.15, 0.2) is 16.3 Å². The molecule has 0 nitrogen and oxygen atoms in total. The van der Waals surface area contributed by atoms with E-state index in [-0.39, 0.29) is 2.57 Å². The van der Waals surface area contributed by atoms with E-state index in [1.54, 1.807) is 0 Å². The first kappa shape index (κ1) is 7.65. The van der Waals surface area contributed by atoms with Crippen molar-refractivity contribution in [3.63, 3.8) is 0 Å². The van der Waals surface area contributed by atoms with Crippen LogP contribution in [0.3, 0.4) is 0 Å². The Hall–Kier alpha value is 1.01. The van der Waals surface area contributed by atoms with Gasteiger partial charge in [0.15, 0.2) is 0 Å². The second kappa shape index (κ2) is 2.51. The maximum atomic E-state index is 3.59.